The van der Waals surface area contributed by atoms with Crippen LogP contribution in [0.4, 0.5) is 0 Å². The summed E-state index contributed by atoms with van der Waals surface area (Å²) in [6, 6.07) is 21.3. The maximum atomic E-state index is 12.8. The number of esters is 1. The van der Waals surface area contributed by atoms with Crippen LogP contribution in [0.1, 0.15) is 34.5 Å². The van der Waals surface area contributed by atoms with Gasteiger partial charge in [0.1, 0.15) is 17.2 Å². The van der Waals surface area contributed by atoms with Gasteiger partial charge >= 0.3 is 5.97 Å². The van der Waals surface area contributed by atoms with E-state index in [0.29, 0.717) is 28.4 Å². The smallest absolute Gasteiger partial charge is 0.352 e. The maximum absolute atomic E-state index is 12.8. The molecule has 0 N–H and O–H groups in total. The summed E-state index contributed by atoms with van der Waals surface area (Å²) in [6.45, 7) is 1.98. The molecule has 1 aliphatic heterocycles. The van der Waals surface area contributed by atoms with Crippen molar-refractivity contribution < 1.29 is 28.5 Å². The van der Waals surface area contributed by atoms with Crippen molar-refractivity contribution in [3.63, 3.8) is 0 Å². The number of Topliss-reactive ketones (excluding diaryl/α,β-unsaturated/α-hetero) is 1. The van der Waals surface area contributed by atoms with Gasteiger partial charge in [0.2, 0.25) is 11.9 Å². The molecule has 32 heavy (non-hydrogen) atoms. The number of allylic oxidation sites excluding steroid dienone is 1. The van der Waals surface area contributed by atoms with Crippen molar-refractivity contribution >= 4 is 17.8 Å². The molecule has 0 bridgehead atoms. The van der Waals surface area contributed by atoms with Gasteiger partial charge in [0.25, 0.3) is 0 Å². The standard InChI is InChI=1S/C26H22O6/c1-3-30-26(28)25(17-9-5-4-6-10-17)31-19-13-14-20-22(16-19)32-23(24(20)27)15-18-11-7-8-12-21(18)29-2/h4-16,25H,3H2,1-2H3/t25-/m0/s1. The van der Waals surface area contributed by atoms with Crippen molar-refractivity contribution in [2.75, 3.05) is 13.7 Å². The number of rotatable bonds is 7. The molecular formula is C26H22O6. The van der Waals surface area contributed by atoms with Gasteiger partial charge < -0.3 is 18.9 Å². The lowest BCUT2D eigenvalue weighted by atomic mass is 10.1. The molecule has 6 heteroatoms. The Hall–Kier alpha value is -4.06. The molecule has 0 aliphatic carbocycles. The Morgan fingerprint density at radius 1 is 1.03 bits per heavy atom. The largest absolute Gasteiger partial charge is 0.496 e. The van der Waals surface area contributed by atoms with E-state index in [1.807, 2.05) is 42.5 Å². The van der Waals surface area contributed by atoms with Crippen molar-refractivity contribution in [1.29, 1.82) is 0 Å². The number of hydrogen-bond acceptors (Lipinski definition) is 6. The molecule has 0 fully saturated rings. The Morgan fingerprint density at radius 2 is 1.78 bits per heavy atom. The number of para-hydroxylation sites is 1. The van der Waals surface area contributed by atoms with Crippen LogP contribution in [-0.2, 0) is 9.53 Å². The van der Waals surface area contributed by atoms with E-state index in [0.717, 1.165) is 5.56 Å². The highest BCUT2D eigenvalue weighted by Gasteiger charge is 2.30. The van der Waals surface area contributed by atoms with Gasteiger partial charge in [-0.25, -0.2) is 4.79 Å². The fourth-order valence-corrected chi connectivity index (χ4v) is 3.40. The molecule has 1 aliphatic rings. The van der Waals surface area contributed by atoms with Gasteiger partial charge in [-0.3, -0.25) is 4.79 Å². The molecule has 0 spiro atoms. The van der Waals surface area contributed by atoms with Crippen LogP contribution in [0.25, 0.3) is 6.08 Å². The third-order valence-corrected chi connectivity index (χ3v) is 4.92. The summed E-state index contributed by atoms with van der Waals surface area (Å²) in [5.74, 6) is 0.847. The molecule has 1 heterocycles. The predicted octanol–water partition coefficient (Wildman–Crippen LogP) is 4.99. The Kier molecular flexibility index (Phi) is 6.22. The number of methoxy groups -OCH3 is 1. The van der Waals surface area contributed by atoms with E-state index in [1.165, 1.54) is 0 Å². The van der Waals surface area contributed by atoms with Gasteiger partial charge in [-0.1, -0.05) is 48.5 Å². The number of ether oxygens (including phenoxy) is 4. The predicted molar refractivity (Wildman–Crippen MR) is 119 cm³/mol. The number of fused-ring (bicyclic) bond motifs is 1. The number of benzene rings is 3. The third-order valence-electron chi connectivity index (χ3n) is 4.92. The van der Waals surface area contributed by atoms with Gasteiger partial charge in [0.05, 0.1) is 19.3 Å². The zero-order chi connectivity index (χ0) is 22.5. The molecule has 1 atom stereocenters. The third kappa shape index (κ3) is 4.34. The molecule has 0 aromatic heterocycles. The Labute approximate surface area is 186 Å². The van der Waals surface area contributed by atoms with Gasteiger partial charge in [0, 0.05) is 17.2 Å². The number of ketones is 1. The number of carbonyl (C=O) groups excluding carboxylic acids is 2. The lowest BCUT2D eigenvalue weighted by molar-refractivity contribution is -0.151. The van der Waals surface area contributed by atoms with Crippen molar-refractivity contribution in [3.8, 4) is 17.2 Å². The Bertz CT molecular complexity index is 1170. The van der Waals surface area contributed by atoms with Gasteiger partial charge in [0.15, 0.2) is 5.76 Å². The van der Waals surface area contributed by atoms with Crippen LogP contribution < -0.4 is 14.2 Å². The minimum Gasteiger partial charge on any atom is -0.496 e. The second-order valence-corrected chi connectivity index (χ2v) is 7.00. The highest BCUT2D eigenvalue weighted by Crippen LogP contribution is 2.37. The summed E-state index contributed by atoms with van der Waals surface area (Å²) < 4.78 is 22.3. The minimum absolute atomic E-state index is 0.187. The SMILES string of the molecule is CCOC(=O)[C@@H](Oc1ccc2c(c1)OC(=Cc1ccccc1OC)C2=O)c1ccccc1. The van der Waals surface area contributed by atoms with Crippen LogP contribution in [-0.4, -0.2) is 25.5 Å². The molecule has 6 nitrogen and oxygen atoms in total. The molecule has 3 aromatic rings. The van der Waals surface area contributed by atoms with E-state index in [2.05, 4.69) is 0 Å². The summed E-state index contributed by atoms with van der Waals surface area (Å²) >= 11 is 0. The number of carbonyl (C=O) groups is 2. The van der Waals surface area contributed by atoms with E-state index >= 15 is 0 Å². The second kappa shape index (κ2) is 9.39. The monoisotopic (exact) mass is 430 g/mol. The van der Waals surface area contributed by atoms with E-state index in [1.54, 1.807) is 50.4 Å². The van der Waals surface area contributed by atoms with Crippen LogP contribution in [0, 0.1) is 0 Å². The highest BCUT2D eigenvalue weighted by molar-refractivity contribution is 6.14. The lowest BCUT2D eigenvalue weighted by Crippen LogP contribution is -2.21. The van der Waals surface area contributed by atoms with Gasteiger partial charge in [-0.2, -0.15) is 0 Å². The summed E-state index contributed by atoms with van der Waals surface area (Å²) in [7, 11) is 1.57. The van der Waals surface area contributed by atoms with Gasteiger partial charge in [-0.15, -0.1) is 0 Å². The minimum atomic E-state index is -0.935. The molecule has 0 saturated carbocycles. The van der Waals surface area contributed by atoms with Crippen molar-refractivity contribution in [2.24, 2.45) is 0 Å². The van der Waals surface area contributed by atoms with E-state index in [9.17, 15) is 9.59 Å². The van der Waals surface area contributed by atoms with Crippen molar-refractivity contribution in [1.82, 2.24) is 0 Å². The summed E-state index contributed by atoms with van der Waals surface area (Å²) in [6.07, 6.45) is 0.711. The first-order chi connectivity index (χ1) is 15.6. The molecule has 0 saturated heterocycles. The normalized spacial score (nSPS) is 14.4. The molecule has 0 radical (unpaired) electrons. The second-order valence-electron chi connectivity index (χ2n) is 7.00. The van der Waals surface area contributed by atoms with Crippen LogP contribution in [0.2, 0.25) is 0 Å². The first-order valence-electron chi connectivity index (χ1n) is 10.2. The molecule has 162 valence electrons. The molecule has 0 unspecified atom stereocenters. The van der Waals surface area contributed by atoms with Gasteiger partial charge in [-0.05, 0) is 31.2 Å². The lowest BCUT2D eigenvalue weighted by Gasteiger charge is -2.18. The first-order valence-corrected chi connectivity index (χ1v) is 10.2. The van der Waals surface area contributed by atoms with E-state index in [4.69, 9.17) is 18.9 Å². The zero-order valence-corrected chi connectivity index (χ0v) is 17.7. The van der Waals surface area contributed by atoms with E-state index < -0.39 is 12.1 Å². The molecule has 3 aromatic carbocycles. The number of hydrogen-bond donors (Lipinski definition) is 0. The maximum Gasteiger partial charge on any atom is 0.352 e. The van der Waals surface area contributed by atoms with Crippen molar-refractivity contribution in [2.45, 2.75) is 13.0 Å². The van der Waals surface area contributed by atoms with Crippen LogP contribution in [0.15, 0.2) is 78.6 Å². The highest BCUT2D eigenvalue weighted by atomic mass is 16.6. The Balaban J connectivity index is 1.60. The topological polar surface area (TPSA) is 71.1 Å². The first kappa shape index (κ1) is 21.2. The average Bonchev–Trinajstić information content (AvgIpc) is 3.13. The molecule has 0 amide bonds. The quantitative estimate of drug-likeness (QED) is 0.388. The summed E-state index contributed by atoms with van der Waals surface area (Å²) in [5.41, 5.74) is 1.82. The van der Waals surface area contributed by atoms with Crippen LogP contribution in [0.3, 0.4) is 0 Å². The Morgan fingerprint density at radius 3 is 2.53 bits per heavy atom. The fourth-order valence-electron chi connectivity index (χ4n) is 3.40. The van der Waals surface area contributed by atoms with E-state index in [-0.39, 0.29) is 18.1 Å². The van der Waals surface area contributed by atoms with Crippen molar-refractivity contribution in [3.05, 3.63) is 95.2 Å². The summed E-state index contributed by atoms with van der Waals surface area (Å²) in [5, 5.41) is 0. The average molecular weight is 430 g/mol. The fraction of sp³-hybridized carbons (Fsp3) is 0.154. The zero-order valence-electron chi connectivity index (χ0n) is 17.7. The van der Waals surface area contributed by atoms with Crippen LogP contribution >= 0.6 is 0 Å². The molecular weight excluding hydrogens is 408 g/mol. The molecule has 4 rings (SSSR count). The summed E-state index contributed by atoms with van der Waals surface area (Å²) in [4.78, 5) is 25.3. The van der Waals surface area contributed by atoms with Crippen LogP contribution in [0.5, 0.6) is 17.2 Å².